The smallest absolute Gasteiger partial charge is 0.267 e. The first kappa shape index (κ1) is 19.8. The molecule has 1 heterocycles. The van der Waals surface area contributed by atoms with Gasteiger partial charge in [-0.2, -0.15) is 9.40 Å². The maximum Gasteiger partial charge on any atom is 0.267 e. The van der Waals surface area contributed by atoms with Gasteiger partial charge in [0.05, 0.1) is 10.6 Å². The molecule has 0 atom stereocenters. The molecule has 1 aliphatic rings. The first-order chi connectivity index (χ1) is 12.9. The second-order valence-corrected chi connectivity index (χ2v) is 8.74. The van der Waals surface area contributed by atoms with Crippen molar-refractivity contribution in [2.45, 2.75) is 57.8 Å². The van der Waals surface area contributed by atoms with Gasteiger partial charge < -0.3 is 0 Å². The van der Waals surface area contributed by atoms with Gasteiger partial charge in [-0.1, -0.05) is 32.9 Å². The van der Waals surface area contributed by atoms with E-state index in [1.807, 2.05) is 32.9 Å². The number of H-pyrrole nitrogens is 1. The van der Waals surface area contributed by atoms with Crippen molar-refractivity contribution >= 4 is 10.0 Å². The number of aromatic nitrogens is 2. The summed E-state index contributed by atoms with van der Waals surface area (Å²) in [7, 11) is -3.57. The van der Waals surface area contributed by atoms with Crippen molar-refractivity contribution in [3.63, 3.8) is 0 Å². The molecule has 0 saturated heterocycles. The molecule has 146 valence electrons. The molecule has 0 radical (unpaired) electrons. The van der Waals surface area contributed by atoms with E-state index in [2.05, 4.69) is 10.2 Å². The van der Waals surface area contributed by atoms with Crippen molar-refractivity contribution < 1.29 is 8.42 Å². The molecule has 0 aliphatic heterocycles. The number of benzene rings is 1. The molecule has 0 fully saturated rings. The Morgan fingerprint density at radius 2 is 1.74 bits per heavy atom. The summed E-state index contributed by atoms with van der Waals surface area (Å²) in [6, 6.07) is 5.51. The van der Waals surface area contributed by atoms with E-state index in [1.165, 1.54) is 4.31 Å². The van der Waals surface area contributed by atoms with Crippen LogP contribution in [-0.4, -0.2) is 36.0 Å². The Hall–Kier alpha value is -1.99. The van der Waals surface area contributed by atoms with Gasteiger partial charge in [-0.3, -0.25) is 4.79 Å². The van der Waals surface area contributed by atoms with Crippen LogP contribution in [0.5, 0.6) is 0 Å². The van der Waals surface area contributed by atoms with Crippen molar-refractivity contribution in [2.24, 2.45) is 0 Å². The largest absolute Gasteiger partial charge is 0.268 e. The summed E-state index contributed by atoms with van der Waals surface area (Å²) >= 11 is 0. The van der Waals surface area contributed by atoms with Gasteiger partial charge in [0.1, 0.15) is 0 Å². The van der Waals surface area contributed by atoms with Crippen molar-refractivity contribution in [3.05, 3.63) is 45.2 Å². The summed E-state index contributed by atoms with van der Waals surface area (Å²) in [4.78, 5) is 12.5. The molecule has 0 unspecified atom stereocenters. The normalized spacial score (nSPS) is 14.4. The Balaban J connectivity index is 2.19. The lowest BCUT2D eigenvalue weighted by Gasteiger charge is -2.22. The third-order valence-electron chi connectivity index (χ3n) is 5.34. The molecule has 0 bridgehead atoms. The van der Waals surface area contributed by atoms with Gasteiger partial charge in [-0.05, 0) is 49.3 Å². The predicted octanol–water partition coefficient (Wildman–Crippen LogP) is 2.91. The van der Waals surface area contributed by atoms with Gasteiger partial charge in [-0.15, -0.1) is 0 Å². The Kier molecular flexibility index (Phi) is 5.81. The number of nitrogens with zero attached hydrogens (tertiary/aromatic N) is 2. The molecule has 0 amide bonds. The molecule has 0 saturated carbocycles. The maximum atomic E-state index is 13.1. The molecule has 6 nitrogen and oxygen atoms in total. The molecule has 1 N–H and O–H groups in total. The van der Waals surface area contributed by atoms with Crippen LogP contribution in [0, 0.1) is 0 Å². The second-order valence-electron chi connectivity index (χ2n) is 6.83. The standard InChI is InChI=1S/C20H27N3O3S/c1-4-14-11-12-15(13-18(14)27(25,26)23(5-2)6-3)19-16-9-7-8-10-17(16)20(24)22-21-19/h11-13H,4-10H2,1-3H3,(H,22,24). The van der Waals surface area contributed by atoms with E-state index >= 15 is 0 Å². The molecule has 1 aliphatic carbocycles. The lowest BCUT2D eigenvalue weighted by Crippen LogP contribution is -2.31. The SMILES string of the molecule is CCc1ccc(-c2n[nH]c(=O)c3c2CCCC3)cc1S(=O)(=O)N(CC)CC. The number of fused-ring (bicyclic) bond motifs is 1. The van der Waals surface area contributed by atoms with Crippen LogP contribution in [0.1, 0.15) is 50.3 Å². The lowest BCUT2D eigenvalue weighted by molar-refractivity contribution is 0.444. The van der Waals surface area contributed by atoms with Crippen LogP contribution in [0.4, 0.5) is 0 Å². The fourth-order valence-electron chi connectivity index (χ4n) is 3.83. The van der Waals surface area contributed by atoms with Crippen molar-refractivity contribution in [1.82, 2.24) is 14.5 Å². The first-order valence-corrected chi connectivity index (χ1v) is 11.1. The number of hydrogen-bond donors (Lipinski definition) is 1. The number of hydrogen-bond acceptors (Lipinski definition) is 4. The Morgan fingerprint density at radius 3 is 2.37 bits per heavy atom. The van der Waals surface area contributed by atoms with Gasteiger partial charge in [0.2, 0.25) is 10.0 Å². The summed E-state index contributed by atoms with van der Waals surface area (Å²) < 4.78 is 27.8. The molecule has 7 heteroatoms. The van der Waals surface area contributed by atoms with Crippen LogP contribution in [0.2, 0.25) is 0 Å². The Bertz CT molecular complexity index is 992. The summed E-state index contributed by atoms with van der Waals surface area (Å²) in [5.74, 6) is 0. The maximum absolute atomic E-state index is 13.1. The van der Waals surface area contributed by atoms with Crippen molar-refractivity contribution in [3.8, 4) is 11.3 Å². The van der Waals surface area contributed by atoms with Crippen LogP contribution >= 0.6 is 0 Å². The number of sulfonamides is 1. The van der Waals surface area contributed by atoms with E-state index in [0.717, 1.165) is 47.9 Å². The van der Waals surface area contributed by atoms with Crippen molar-refractivity contribution in [1.29, 1.82) is 0 Å². The van der Waals surface area contributed by atoms with Crippen LogP contribution in [0.25, 0.3) is 11.3 Å². The van der Waals surface area contributed by atoms with Gasteiger partial charge in [0.15, 0.2) is 0 Å². The molecule has 1 aromatic carbocycles. The highest BCUT2D eigenvalue weighted by Gasteiger charge is 2.26. The minimum absolute atomic E-state index is 0.130. The van der Waals surface area contributed by atoms with Crippen molar-refractivity contribution in [2.75, 3.05) is 13.1 Å². The highest BCUT2D eigenvalue weighted by Crippen LogP contribution is 2.31. The van der Waals surface area contributed by atoms with E-state index in [-0.39, 0.29) is 5.56 Å². The summed E-state index contributed by atoms with van der Waals surface area (Å²) in [6.45, 7) is 6.50. The van der Waals surface area contributed by atoms with E-state index in [9.17, 15) is 13.2 Å². The minimum atomic E-state index is -3.57. The molecular formula is C20H27N3O3S. The minimum Gasteiger partial charge on any atom is -0.268 e. The third-order valence-corrected chi connectivity index (χ3v) is 7.47. The van der Waals surface area contributed by atoms with Gasteiger partial charge in [-0.25, -0.2) is 13.5 Å². The molecule has 27 heavy (non-hydrogen) atoms. The average Bonchev–Trinajstić information content (AvgIpc) is 2.69. The molecular weight excluding hydrogens is 362 g/mol. The Labute approximate surface area is 160 Å². The second kappa shape index (κ2) is 7.94. The monoisotopic (exact) mass is 389 g/mol. The third kappa shape index (κ3) is 3.58. The lowest BCUT2D eigenvalue weighted by atomic mass is 9.89. The van der Waals surface area contributed by atoms with E-state index in [1.54, 1.807) is 6.07 Å². The van der Waals surface area contributed by atoms with E-state index in [4.69, 9.17) is 0 Å². The van der Waals surface area contributed by atoms with Gasteiger partial charge >= 0.3 is 0 Å². The quantitative estimate of drug-likeness (QED) is 0.823. The van der Waals surface area contributed by atoms with Crippen LogP contribution < -0.4 is 5.56 Å². The number of nitrogens with one attached hydrogen (secondary N) is 1. The highest BCUT2D eigenvalue weighted by molar-refractivity contribution is 7.89. The first-order valence-electron chi connectivity index (χ1n) is 9.67. The van der Waals surface area contributed by atoms with Gasteiger partial charge in [0, 0.05) is 24.2 Å². The fourth-order valence-corrected chi connectivity index (χ4v) is 5.61. The summed E-state index contributed by atoms with van der Waals surface area (Å²) in [5, 5.41) is 6.87. The Morgan fingerprint density at radius 1 is 1.07 bits per heavy atom. The number of aryl methyl sites for hydroxylation is 1. The van der Waals surface area contributed by atoms with Crippen LogP contribution in [0.15, 0.2) is 27.9 Å². The fraction of sp³-hybridized carbons (Fsp3) is 0.500. The molecule has 2 aromatic rings. The zero-order valence-corrected chi connectivity index (χ0v) is 17.0. The summed E-state index contributed by atoms with van der Waals surface area (Å²) in [5.41, 5.74) is 3.85. The highest BCUT2D eigenvalue weighted by atomic mass is 32.2. The molecule has 1 aromatic heterocycles. The topological polar surface area (TPSA) is 83.1 Å². The molecule has 3 rings (SSSR count). The predicted molar refractivity (Wildman–Crippen MR) is 106 cm³/mol. The van der Waals surface area contributed by atoms with Crippen LogP contribution in [-0.2, 0) is 29.3 Å². The summed E-state index contributed by atoms with van der Waals surface area (Å²) in [6.07, 6.45) is 4.19. The number of rotatable bonds is 6. The number of aromatic amines is 1. The van der Waals surface area contributed by atoms with Crippen LogP contribution in [0.3, 0.4) is 0 Å². The zero-order valence-electron chi connectivity index (χ0n) is 16.2. The average molecular weight is 390 g/mol. The van der Waals surface area contributed by atoms with E-state index < -0.39 is 10.0 Å². The zero-order chi connectivity index (χ0) is 19.6. The van der Waals surface area contributed by atoms with Gasteiger partial charge in [0.25, 0.3) is 5.56 Å². The van der Waals surface area contributed by atoms with E-state index in [0.29, 0.717) is 30.1 Å². The molecule has 0 spiro atoms.